The molecule has 0 aromatic carbocycles. The Kier molecular flexibility index (Phi) is 5.35. The van der Waals surface area contributed by atoms with Crippen molar-refractivity contribution in [3.05, 3.63) is 18.0 Å². The maximum atomic E-state index is 11.6. The van der Waals surface area contributed by atoms with Crippen molar-refractivity contribution in [1.29, 1.82) is 0 Å². The molecule has 1 aromatic rings. The summed E-state index contributed by atoms with van der Waals surface area (Å²) in [5.41, 5.74) is -0.0434. The maximum Gasteiger partial charge on any atom is 0.315 e. The molecule has 1 heterocycles. The molecule has 0 spiro atoms. The van der Waals surface area contributed by atoms with Crippen molar-refractivity contribution in [3.63, 3.8) is 0 Å². The molecule has 0 aliphatic heterocycles. The number of nitrogens with one attached hydrogen (secondary N) is 3. The van der Waals surface area contributed by atoms with Crippen LogP contribution in [-0.2, 0) is 11.3 Å². The fraction of sp³-hybridized carbons (Fsp3) is 0.583. The van der Waals surface area contributed by atoms with Crippen molar-refractivity contribution in [2.75, 3.05) is 6.54 Å². The van der Waals surface area contributed by atoms with Crippen molar-refractivity contribution in [2.24, 2.45) is 5.41 Å². The van der Waals surface area contributed by atoms with Gasteiger partial charge in [-0.3, -0.25) is 9.89 Å². The van der Waals surface area contributed by atoms with E-state index in [-0.39, 0.29) is 12.6 Å². The van der Waals surface area contributed by atoms with Crippen LogP contribution >= 0.6 is 0 Å². The lowest BCUT2D eigenvalue weighted by Crippen LogP contribution is -2.45. The van der Waals surface area contributed by atoms with Gasteiger partial charge in [-0.1, -0.05) is 13.8 Å². The Morgan fingerprint density at radius 2 is 2.05 bits per heavy atom. The van der Waals surface area contributed by atoms with Crippen LogP contribution in [-0.4, -0.2) is 33.8 Å². The number of amides is 2. The number of hydrogen-bond acceptors (Lipinski definition) is 3. The van der Waals surface area contributed by atoms with Gasteiger partial charge in [0.05, 0.1) is 11.6 Å². The van der Waals surface area contributed by atoms with E-state index in [4.69, 9.17) is 0 Å². The number of H-pyrrole nitrogens is 1. The van der Waals surface area contributed by atoms with Gasteiger partial charge in [0, 0.05) is 24.8 Å². The van der Waals surface area contributed by atoms with Crippen molar-refractivity contribution >= 4 is 12.0 Å². The van der Waals surface area contributed by atoms with Crippen molar-refractivity contribution in [1.82, 2.24) is 20.8 Å². The van der Waals surface area contributed by atoms with Crippen LogP contribution in [0, 0.1) is 5.41 Å². The quantitative estimate of drug-likeness (QED) is 0.594. The monoisotopic (exact) mass is 268 g/mol. The third kappa shape index (κ3) is 3.97. The number of nitrogens with zero attached hydrogens (tertiary/aromatic N) is 1. The molecule has 1 aromatic heterocycles. The molecular weight excluding hydrogens is 248 g/mol. The van der Waals surface area contributed by atoms with Crippen molar-refractivity contribution in [3.8, 4) is 0 Å². The lowest BCUT2D eigenvalue weighted by atomic mass is 9.82. The van der Waals surface area contributed by atoms with Crippen LogP contribution in [0.5, 0.6) is 0 Å². The fourth-order valence-corrected chi connectivity index (χ4v) is 1.75. The van der Waals surface area contributed by atoms with Gasteiger partial charge in [-0.25, -0.2) is 4.79 Å². The highest BCUT2D eigenvalue weighted by Gasteiger charge is 2.35. The Morgan fingerprint density at radius 3 is 2.53 bits per heavy atom. The summed E-state index contributed by atoms with van der Waals surface area (Å²) >= 11 is 0. The molecule has 0 unspecified atom stereocenters. The average molecular weight is 268 g/mol. The summed E-state index contributed by atoms with van der Waals surface area (Å²) in [7, 11) is 0. The number of rotatable bonds is 7. The van der Waals surface area contributed by atoms with Crippen LogP contribution < -0.4 is 10.6 Å². The first-order valence-corrected chi connectivity index (χ1v) is 6.27. The Labute approximate surface area is 111 Å². The molecule has 0 saturated heterocycles. The molecule has 106 valence electrons. The second-order valence-electron chi connectivity index (χ2n) is 4.44. The minimum absolute atomic E-state index is 0.118. The van der Waals surface area contributed by atoms with Gasteiger partial charge in [0.15, 0.2) is 0 Å². The van der Waals surface area contributed by atoms with Crippen LogP contribution in [0.15, 0.2) is 12.4 Å². The van der Waals surface area contributed by atoms with E-state index in [1.54, 1.807) is 12.4 Å². The van der Waals surface area contributed by atoms with Crippen molar-refractivity contribution in [2.45, 2.75) is 33.2 Å². The molecule has 0 aliphatic rings. The smallest absolute Gasteiger partial charge is 0.315 e. The minimum Gasteiger partial charge on any atom is -0.481 e. The molecule has 0 fully saturated rings. The van der Waals surface area contributed by atoms with Crippen LogP contribution in [0.2, 0.25) is 0 Å². The van der Waals surface area contributed by atoms with Gasteiger partial charge in [0.1, 0.15) is 0 Å². The molecule has 4 N–H and O–H groups in total. The first-order valence-electron chi connectivity index (χ1n) is 6.27. The number of urea groups is 1. The normalized spacial score (nSPS) is 11.1. The molecular formula is C12H20N4O3. The van der Waals surface area contributed by atoms with Gasteiger partial charge in [-0.15, -0.1) is 0 Å². The molecule has 0 aliphatic carbocycles. The predicted octanol–water partition coefficient (Wildman–Crippen LogP) is 1.10. The molecule has 0 saturated carbocycles. The van der Waals surface area contributed by atoms with E-state index in [9.17, 15) is 14.7 Å². The number of aromatic nitrogens is 2. The highest BCUT2D eigenvalue weighted by Crippen LogP contribution is 2.25. The van der Waals surface area contributed by atoms with Crippen LogP contribution in [0.1, 0.15) is 32.3 Å². The summed E-state index contributed by atoms with van der Waals surface area (Å²) in [6.07, 6.45) is 4.24. The number of aromatic amines is 1. The zero-order chi connectivity index (χ0) is 14.3. The van der Waals surface area contributed by atoms with E-state index in [1.165, 1.54) is 0 Å². The highest BCUT2D eigenvalue weighted by atomic mass is 16.4. The third-order valence-corrected chi connectivity index (χ3v) is 3.40. The molecule has 0 radical (unpaired) electrons. The van der Waals surface area contributed by atoms with Crippen LogP contribution in [0.3, 0.4) is 0 Å². The molecule has 1 rings (SSSR count). The number of carbonyl (C=O) groups excluding carboxylic acids is 1. The maximum absolute atomic E-state index is 11.6. The summed E-state index contributed by atoms with van der Waals surface area (Å²) in [4.78, 5) is 22.9. The SMILES string of the molecule is CCC(CC)(CNC(=O)NCc1cn[nH]c1)C(=O)O. The zero-order valence-corrected chi connectivity index (χ0v) is 11.2. The molecule has 7 nitrogen and oxygen atoms in total. The third-order valence-electron chi connectivity index (χ3n) is 3.40. The summed E-state index contributed by atoms with van der Waals surface area (Å²) in [5.74, 6) is -0.882. The average Bonchev–Trinajstić information content (AvgIpc) is 2.91. The topological polar surface area (TPSA) is 107 Å². The summed E-state index contributed by atoms with van der Waals surface area (Å²) < 4.78 is 0. The predicted molar refractivity (Wildman–Crippen MR) is 69.5 cm³/mol. The Bertz CT molecular complexity index is 413. The lowest BCUT2D eigenvalue weighted by Gasteiger charge is -2.26. The van der Waals surface area contributed by atoms with E-state index in [2.05, 4.69) is 20.8 Å². The van der Waals surface area contributed by atoms with Gasteiger partial charge in [-0.2, -0.15) is 5.10 Å². The van der Waals surface area contributed by atoms with E-state index >= 15 is 0 Å². The number of hydrogen-bond donors (Lipinski definition) is 4. The second kappa shape index (κ2) is 6.77. The van der Waals surface area contributed by atoms with Crippen LogP contribution in [0.4, 0.5) is 4.79 Å². The highest BCUT2D eigenvalue weighted by molar-refractivity contribution is 5.78. The lowest BCUT2D eigenvalue weighted by molar-refractivity contribution is -0.149. The Hall–Kier alpha value is -2.05. The van der Waals surface area contributed by atoms with Crippen molar-refractivity contribution < 1.29 is 14.7 Å². The molecule has 7 heteroatoms. The number of carboxylic acids is 1. The Morgan fingerprint density at radius 1 is 1.37 bits per heavy atom. The standard InChI is InChI=1S/C12H20N4O3/c1-3-12(4-2,10(17)18)8-14-11(19)13-5-9-6-15-16-7-9/h6-7H,3-5,8H2,1-2H3,(H,15,16)(H,17,18)(H2,13,14,19). The van der Waals surface area contributed by atoms with Gasteiger partial charge in [0.2, 0.25) is 0 Å². The van der Waals surface area contributed by atoms with E-state index < -0.39 is 11.4 Å². The summed E-state index contributed by atoms with van der Waals surface area (Å²) in [5, 5.41) is 20.9. The number of carboxylic acid groups (broad SMARTS) is 1. The van der Waals surface area contributed by atoms with Gasteiger partial charge in [-0.05, 0) is 12.8 Å². The fourth-order valence-electron chi connectivity index (χ4n) is 1.75. The van der Waals surface area contributed by atoms with Gasteiger partial charge in [0.25, 0.3) is 0 Å². The van der Waals surface area contributed by atoms with Gasteiger partial charge < -0.3 is 15.7 Å². The number of carbonyl (C=O) groups is 2. The van der Waals surface area contributed by atoms with E-state index in [0.29, 0.717) is 19.4 Å². The number of aliphatic carboxylic acids is 1. The zero-order valence-electron chi connectivity index (χ0n) is 11.2. The Balaban J connectivity index is 2.42. The second-order valence-corrected chi connectivity index (χ2v) is 4.44. The van der Waals surface area contributed by atoms with E-state index in [1.807, 2.05) is 13.8 Å². The van der Waals surface area contributed by atoms with E-state index in [0.717, 1.165) is 5.56 Å². The van der Waals surface area contributed by atoms with Gasteiger partial charge >= 0.3 is 12.0 Å². The summed E-state index contributed by atoms with van der Waals surface area (Å²) in [6, 6.07) is -0.381. The minimum atomic E-state index is -0.896. The first-order chi connectivity index (χ1) is 9.04. The molecule has 19 heavy (non-hydrogen) atoms. The molecule has 0 bridgehead atoms. The first kappa shape index (κ1) is 15.0. The molecule has 0 atom stereocenters. The molecule has 2 amide bonds. The largest absolute Gasteiger partial charge is 0.481 e. The summed E-state index contributed by atoms with van der Waals surface area (Å²) in [6.45, 7) is 4.08. The van der Waals surface area contributed by atoms with Crippen LogP contribution in [0.25, 0.3) is 0 Å².